The number of nitrogens with two attached hydrogens (primary N) is 1. The number of aryl methyl sites for hydroxylation is 1. The van der Waals surface area contributed by atoms with Crippen molar-refractivity contribution in [1.29, 1.82) is 0 Å². The number of carbonyl (C=O) groups excluding carboxylic acids is 1. The highest BCUT2D eigenvalue weighted by molar-refractivity contribution is 5.82. The van der Waals surface area contributed by atoms with Crippen LogP contribution in [0.4, 0.5) is 16.6 Å². The molecule has 11 heteroatoms. The molecule has 0 spiro atoms. The number of aromatic nitrogens is 4. The highest BCUT2D eigenvalue weighted by atomic mass is 16.7. The summed E-state index contributed by atoms with van der Waals surface area (Å²) in [4.78, 5) is 25.1. The first-order chi connectivity index (χ1) is 15.7. The molecule has 1 aliphatic heterocycles. The Bertz CT molecular complexity index is 1130. The van der Waals surface area contributed by atoms with Gasteiger partial charge in [-0.15, -0.1) is 0 Å². The van der Waals surface area contributed by atoms with Crippen LogP contribution in [0.1, 0.15) is 31.2 Å². The SMILES string of the molecule is Nc1nc(NC2CC2)nc2c1ncn2CCCCOC(=O)NCc1ccc2c(c1)OCO2. The molecule has 168 valence electrons. The molecule has 3 aromatic rings. The van der Waals surface area contributed by atoms with Gasteiger partial charge in [-0.3, -0.25) is 0 Å². The third-order valence-electron chi connectivity index (χ3n) is 5.30. The molecule has 1 saturated carbocycles. The van der Waals surface area contributed by atoms with Crippen molar-refractivity contribution in [2.45, 2.75) is 44.8 Å². The van der Waals surface area contributed by atoms with E-state index in [9.17, 15) is 4.79 Å². The number of carbonyl (C=O) groups is 1. The van der Waals surface area contributed by atoms with E-state index in [1.165, 1.54) is 0 Å². The fourth-order valence-electron chi connectivity index (χ4n) is 3.43. The van der Waals surface area contributed by atoms with Crippen LogP contribution in [0.2, 0.25) is 0 Å². The summed E-state index contributed by atoms with van der Waals surface area (Å²) < 4.78 is 17.8. The molecular weight excluding hydrogens is 414 g/mol. The standard InChI is InChI=1S/C21H25N7O4/c22-18-17-19(27-20(26-18)25-14-4-5-14)28(11-24-17)7-1-2-8-30-21(29)23-10-13-3-6-15-16(9-13)32-12-31-15/h3,6,9,11,14H,1-2,4-5,7-8,10,12H2,(H,23,29)(H3,22,25,26,27). The van der Waals surface area contributed by atoms with E-state index in [-0.39, 0.29) is 6.79 Å². The highest BCUT2D eigenvalue weighted by Crippen LogP contribution is 2.32. The number of hydrogen-bond acceptors (Lipinski definition) is 9. The van der Waals surface area contributed by atoms with Crippen molar-refractivity contribution in [3.8, 4) is 11.5 Å². The molecule has 1 aliphatic carbocycles. The van der Waals surface area contributed by atoms with Crippen molar-refractivity contribution in [1.82, 2.24) is 24.8 Å². The molecule has 0 radical (unpaired) electrons. The minimum absolute atomic E-state index is 0.224. The summed E-state index contributed by atoms with van der Waals surface area (Å²) in [6, 6.07) is 6.00. The molecule has 32 heavy (non-hydrogen) atoms. The number of unbranched alkanes of at least 4 members (excludes halogenated alkanes) is 1. The lowest BCUT2D eigenvalue weighted by atomic mass is 10.2. The number of ether oxygens (including phenoxy) is 3. The predicted molar refractivity (Wildman–Crippen MR) is 116 cm³/mol. The van der Waals surface area contributed by atoms with Gasteiger partial charge in [0.2, 0.25) is 12.7 Å². The maximum atomic E-state index is 11.9. The van der Waals surface area contributed by atoms with Crippen LogP contribution in [0, 0.1) is 0 Å². The Balaban J connectivity index is 1.05. The molecule has 0 saturated heterocycles. The van der Waals surface area contributed by atoms with Gasteiger partial charge in [0.25, 0.3) is 0 Å². The topological polar surface area (TPSA) is 138 Å². The summed E-state index contributed by atoms with van der Waals surface area (Å²) >= 11 is 0. The Kier molecular flexibility index (Phi) is 5.53. The Morgan fingerprint density at radius 1 is 1.22 bits per heavy atom. The number of anilines is 2. The zero-order valence-corrected chi connectivity index (χ0v) is 17.5. The maximum Gasteiger partial charge on any atom is 0.407 e. The lowest BCUT2D eigenvalue weighted by Gasteiger charge is -2.09. The second-order valence-corrected chi connectivity index (χ2v) is 7.85. The van der Waals surface area contributed by atoms with E-state index < -0.39 is 6.09 Å². The largest absolute Gasteiger partial charge is 0.454 e. The van der Waals surface area contributed by atoms with Gasteiger partial charge < -0.3 is 35.1 Å². The summed E-state index contributed by atoms with van der Waals surface area (Å²) in [5.74, 6) is 2.32. The molecule has 1 aromatic carbocycles. The molecule has 2 aliphatic rings. The van der Waals surface area contributed by atoms with E-state index in [2.05, 4.69) is 25.6 Å². The van der Waals surface area contributed by atoms with Gasteiger partial charge >= 0.3 is 6.09 Å². The molecule has 1 fully saturated rings. The fourth-order valence-corrected chi connectivity index (χ4v) is 3.43. The zero-order chi connectivity index (χ0) is 21.9. The van der Waals surface area contributed by atoms with Crippen LogP contribution in [0.5, 0.6) is 11.5 Å². The summed E-state index contributed by atoms with van der Waals surface area (Å²) in [6.45, 7) is 1.60. The molecule has 4 N–H and O–H groups in total. The molecule has 11 nitrogen and oxygen atoms in total. The second kappa shape index (κ2) is 8.77. The van der Waals surface area contributed by atoms with E-state index in [0.29, 0.717) is 66.6 Å². The van der Waals surface area contributed by atoms with Gasteiger partial charge in [-0.25, -0.2) is 9.78 Å². The van der Waals surface area contributed by atoms with Gasteiger partial charge in [0.1, 0.15) is 5.52 Å². The van der Waals surface area contributed by atoms with Crippen molar-refractivity contribution in [3.63, 3.8) is 0 Å². The van der Waals surface area contributed by atoms with Crippen LogP contribution < -0.4 is 25.8 Å². The molecule has 1 amide bonds. The van der Waals surface area contributed by atoms with Crippen molar-refractivity contribution in [2.75, 3.05) is 24.5 Å². The number of benzene rings is 1. The van der Waals surface area contributed by atoms with Gasteiger partial charge in [0.15, 0.2) is 23.0 Å². The minimum Gasteiger partial charge on any atom is -0.454 e. The summed E-state index contributed by atoms with van der Waals surface area (Å²) in [6.07, 6.45) is 5.04. The Hall–Kier alpha value is -3.76. The number of nitrogen functional groups attached to an aromatic ring is 1. The molecule has 2 aromatic heterocycles. The van der Waals surface area contributed by atoms with Crippen molar-refractivity contribution < 1.29 is 19.0 Å². The number of hydrogen-bond donors (Lipinski definition) is 3. The average Bonchev–Trinajstić information content (AvgIpc) is 3.31. The molecule has 0 atom stereocenters. The molecule has 3 heterocycles. The van der Waals surface area contributed by atoms with E-state index in [1.807, 2.05) is 22.8 Å². The van der Waals surface area contributed by atoms with E-state index in [1.54, 1.807) is 6.33 Å². The van der Waals surface area contributed by atoms with Gasteiger partial charge in [0, 0.05) is 19.1 Å². The second-order valence-electron chi connectivity index (χ2n) is 7.85. The Morgan fingerprint density at radius 3 is 2.97 bits per heavy atom. The van der Waals surface area contributed by atoms with Crippen molar-refractivity contribution >= 4 is 29.0 Å². The number of nitrogens with zero attached hydrogens (tertiary/aromatic N) is 4. The van der Waals surface area contributed by atoms with Crippen LogP contribution in [0.3, 0.4) is 0 Å². The number of fused-ring (bicyclic) bond motifs is 2. The lowest BCUT2D eigenvalue weighted by molar-refractivity contribution is 0.143. The van der Waals surface area contributed by atoms with Gasteiger partial charge in [0.05, 0.1) is 12.9 Å². The average molecular weight is 439 g/mol. The van der Waals surface area contributed by atoms with Crippen molar-refractivity contribution in [2.24, 2.45) is 0 Å². The third-order valence-corrected chi connectivity index (χ3v) is 5.30. The summed E-state index contributed by atoms with van der Waals surface area (Å²) in [5.41, 5.74) is 8.25. The summed E-state index contributed by atoms with van der Waals surface area (Å²) in [7, 11) is 0. The van der Waals surface area contributed by atoms with Gasteiger partial charge in [-0.1, -0.05) is 6.07 Å². The first-order valence-corrected chi connectivity index (χ1v) is 10.7. The van der Waals surface area contributed by atoms with Crippen LogP contribution >= 0.6 is 0 Å². The van der Waals surface area contributed by atoms with Crippen LogP contribution in [0.15, 0.2) is 24.5 Å². The highest BCUT2D eigenvalue weighted by Gasteiger charge is 2.23. The smallest absolute Gasteiger partial charge is 0.407 e. The summed E-state index contributed by atoms with van der Waals surface area (Å²) in [5, 5.41) is 6.01. The predicted octanol–water partition coefficient (Wildman–Crippen LogP) is 2.42. The maximum absolute atomic E-state index is 11.9. The number of alkyl carbamates (subject to hydrolysis) is 1. The number of amides is 1. The van der Waals surface area contributed by atoms with Gasteiger partial charge in [-0.05, 0) is 43.4 Å². The normalized spacial score (nSPS) is 14.5. The zero-order valence-electron chi connectivity index (χ0n) is 17.5. The number of imidazole rings is 1. The first kappa shape index (κ1) is 20.2. The monoisotopic (exact) mass is 439 g/mol. The fraction of sp³-hybridized carbons (Fsp3) is 0.429. The number of nitrogens with one attached hydrogen (secondary N) is 2. The van der Waals surface area contributed by atoms with E-state index >= 15 is 0 Å². The van der Waals surface area contributed by atoms with E-state index in [4.69, 9.17) is 19.9 Å². The van der Waals surface area contributed by atoms with E-state index in [0.717, 1.165) is 24.8 Å². The number of rotatable bonds is 9. The Morgan fingerprint density at radius 2 is 2.09 bits per heavy atom. The molecule has 0 bridgehead atoms. The van der Waals surface area contributed by atoms with Crippen LogP contribution in [-0.2, 0) is 17.8 Å². The van der Waals surface area contributed by atoms with Gasteiger partial charge in [-0.2, -0.15) is 9.97 Å². The van der Waals surface area contributed by atoms with Crippen LogP contribution in [0.25, 0.3) is 11.2 Å². The minimum atomic E-state index is -0.452. The quantitative estimate of drug-likeness (QED) is 0.429. The molecular formula is C21H25N7O4. The Labute approximate surface area is 184 Å². The molecule has 5 rings (SSSR count). The first-order valence-electron chi connectivity index (χ1n) is 10.7. The third kappa shape index (κ3) is 4.61. The lowest BCUT2D eigenvalue weighted by Crippen LogP contribution is -2.24. The van der Waals surface area contributed by atoms with Crippen LogP contribution in [-0.4, -0.2) is 45.1 Å². The van der Waals surface area contributed by atoms with Crippen molar-refractivity contribution in [3.05, 3.63) is 30.1 Å². The molecule has 0 unspecified atom stereocenters.